The van der Waals surface area contributed by atoms with Gasteiger partial charge in [-0.15, -0.1) is 0 Å². The average Bonchev–Trinajstić information content (AvgIpc) is 2.58. The van der Waals surface area contributed by atoms with E-state index < -0.39 is 11.7 Å². The molecule has 3 atom stereocenters. The number of nitrogens with zero attached hydrogens (tertiary/aromatic N) is 1. The third-order valence-corrected chi connectivity index (χ3v) is 2.56. The van der Waals surface area contributed by atoms with Crippen LogP contribution in [0.25, 0.3) is 0 Å². The second-order valence-corrected chi connectivity index (χ2v) is 3.17. The van der Waals surface area contributed by atoms with Crippen LogP contribution in [0.4, 0.5) is 0 Å². The number of hydrogen-bond acceptors (Lipinski definition) is 5. The molecule has 2 heterocycles. The zero-order valence-corrected chi connectivity index (χ0v) is 11.5. The van der Waals surface area contributed by atoms with Crippen LogP contribution in [0.2, 0.25) is 0 Å². The summed E-state index contributed by atoms with van der Waals surface area (Å²) in [4.78, 5) is 4.99. The summed E-state index contributed by atoms with van der Waals surface area (Å²) < 4.78 is 5.19. The first-order valence-corrected chi connectivity index (χ1v) is 3.84. The number of ether oxygens (including phenoxy) is 1. The molecule has 2 fully saturated rings. The van der Waals surface area contributed by atoms with Gasteiger partial charge in [-0.1, -0.05) is 0 Å². The fraction of sp³-hybridized carbons (Fsp3) is 0.857. The summed E-state index contributed by atoms with van der Waals surface area (Å²) in [5.74, 6) is 0. The normalized spacial score (nSPS) is 43.6. The number of fused-ring (bicyclic) bond motifs is 2. The van der Waals surface area contributed by atoms with Crippen molar-refractivity contribution < 1.29 is 50.9 Å². The van der Waals surface area contributed by atoms with Gasteiger partial charge in [0.25, 0.3) is 0 Å². The minimum atomic E-state index is -0.860. The van der Waals surface area contributed by atoms with Gasteiger partial charge in [0.1, 0.15) is 0 Å². The van der Waals surface area contributed by atoms with Crippen LogP contribution in [0.15, 0.2) is 0 Å². The van der Waals surface area contributed by atoms with E-state index in [9.17, 15) is 5.11 Å². The molecule has 0 radical (unpaired) electrons. The molecule has 0 aromatic carbocycles. The van der Waals surface area contributed by atoms with Crippen LogP contribution in [0.3, 0.4) is 0 Å². The van der Waals surface area contributed by atoms with E-state index >= 15 is 0 Å². The SMILES string of the molecule is CON1C[C@@]2(CO)O[CH-][C@@H]1[C@H]2O.[U]. The monoisotopic (exact) mass is 412 g/mol. The van der Waals surface area contributed by atoms with Crippen molar-refractivity contribution in [1.82, 2.24) is 5.06 Å². The van der Waals surface area contributed by atoms with Crippen LogP contribution in [0, 0.1) is 37.7 Å². The zero-order valence-electron chi connectivity index (χ0n) is 7.30. The van der Waals surface area contributed by atoms with Crippen molar-refractivity contribution in [2.45, 2.75) is 17.7 Å². The number of hydroxylamine groups is 2. The summed E-state index contributed by atoms with van der Waals surface area (Å²) in [6.45, 7) is 1.72. The largest absolute Gasteiger partial charge is 0.541 e. The Morgan fingerprint density at radius 3 is 2.85 bits per heavy atom. The molecule has 2 N–H and O–H groups in total. The predicted molar refractivity (Wildman–Crippen MR) is 38.7 cm³/mol. The van der Waals surface area contributed by atoms with Gasteiger partial charge in [0.05, 0.1) is 32.0 Å². The molecule has 0 unspecified atom stereocenters. The van der Waals surface area contributed by atoms with E-state index in [0.717, 1.165) is 0 Å². The van der Waals surface area contributed by atoms with Crippen LogP contribution < -0.4 is 0 Å². The minimum absolute atomic E-state index is 0. The van der Waals surface area contributed by atoms with Gasteiger partial charge in [-0.25, -0.2) is 5.06 Å². The average molecular weight is 412 g/mol. The van der Waals surface area contributed by atoms with E-state index in [2.05, 4.69) is 0 Å². The third kappa shape index (κ3) is 1.59. The molecule has 74 valence electrons. The Balaban J connectivity index is 0.000000845. The van der Waals surface area contributed by atoms with E-state index in [0.29, 0.717) is 6.54 Å². The molecule has 0 aromatic heterocycles. The molecule has 0 amide bonds. The number of morpholine rings is 1. The minimum Gasteiger partial charge on any atom is -0.541 e. The quantitative estimate of drug-likeness (QED) is 0.542. The van der Waals surface area contributed by atoms with Gasteiger partial charge in [-0.2, -0.15) is 6.61 Å². The maximum Gasteiger partial charge on any atom is 0.0993 e. The molecular formula is C7H12NO4U-. The Morgan fingerprint density at radius 1 is 1.77 bits per heavy atom. The fourth-order valence-corrected chi connectivity index (χ4v) is 1.75. The van der Waals surface area contributed by atoms with Gasteiger partial charge in [-0.05, 0) is 6.04 Å². The van der Waals surface area contributed by atoms with Crippen LogP contribution in [-0.4, -0.2) is 53.3 Å². The van der Waals surface area contributed by atoms with Crippen molar-refractivity contribution in [1.29, 1.82) is 0 Å². The fourth-order valence-electron chi connectivity index (χ4n) is 1.75. The molecule has 2 bridgehead atoms. The van der Waals surface area contributed by atoms with E-state index in [1.54, 1.807) is 5.06 Å². The molecule has 13 heavy (non-hydrogen) atoms. The third-order valence-electron chi connectivity index (χ3n) is 2.56. The van der Waals surface area contributed by atoms with Gasteiger partial charge in [-0.3, -0.25) is 0 Å². The van der Waals surface area contributed by atoms with Crippen molar-refractivity contribution in [3.05, 3.63) is 6.61 Å². The molecule has 2 rings (SSSR count). The Morgan fingerprint density at radius 2 is 2.46 bits per heavy atom. The molecule has 2 aliphatic heterocycles. The number of rotatable bonds is 2. The summed E-state index contributed by atoms with van der Waals surface area (Å²) in [5.41, 5.74) is -0.860. The first-order valence-electron chi connectivity index (χ1n) is 3.84. The van der Waals surface area contributed by atoms with Crippen molar-refractivity contribution in [2.24, 2.45) is 0 Å². The molecule has 2 saturated heterocycles. The van der Waals surface area contributed by atoms with E-state index in [-0.39, 0.29) is 43.8 Å². The van der Waals surface area contributed by atoms with E-state index in [1.165, 1.54) is 13.7 Å². The summed E-state index contributed by atoms with van der Waals surface area (Å²) in [7, 11) is 1.53. The Kier molecular flexibility index (Phi) is 3.81. The molecule has 0 saturated carbocycles. The molecule has 2 aliphatic rings. The van der Waals surface area contributed by atoms with Crippen LogP contribution >= 0.6 is 0 Å². The topological polar surface area (TPSA) is 62.2 Å². The first-order chi connectivity index (χ1) is 5.73. The summed E-state index contributed by atoms with van der Waals surface area (Å²) >= 11 is 0. The number of hydrogen-bond donors (Lipinski definition) is 2. The molecular weight excluding hydrogens is 400 g/mol. The van der Waals surface area contributed by atoms with Crippen molar-refractivity contribution in [3.8, 4) is 0 Å². The van der Waals surface area contributed by atoms with Crippen molar-refractivity contribution >= 4 is 0 Å². The van der Waals surface area contributed by atoms with Crippen molar-refractivity contribution in [2.75, 3.05) is 20.3 Å². The smallest absolute Gasteiger partial charge is 0.0993 e. The standard InChI is InChI=1S/C7H12NO4.U/c1-11-8-3-7(4-9)6(10)5(8)2-12-7;/h2,5-6,9-10H,3-4H2,1H3;/q-1;/t5-,6-,7+;/m1./s1. The first kappa shape index (κ1) is 11.9. The molecule has 0 spiro atoms. The Labute approximate surface area is 100 Å². The second kappa shape index (κ2) is 4.15. The van der Waals surface area contributed by atoms with Crippen LogP contribution in [-0.2, 0) is 9.57 Å². The maximum atomic E-state index is 9.64. The zero-order chi connectivity index (χ0) is 8.77. The molecule has 5 nitrogen and oxygen atoms in total. The van der Waals surface area contributed by atoms with Gasteiger partial charge >= 0.3 is 0 Å². The Bertz CT molecular complexity index is 193. The molecule has 6 heteroatoms. The Hall–Kier alpha value is 0.852. The van der Waals surface area contributed by atoms with Gasteiger partial charge in [0.2, 0.25) is 0 Å². The van der Waals surface area contributed by atoms with E-state index in [4.69, 9.17) is 14.7 Å². The van der Waals surface area contributed by atoms with Crippen LogP contribution in [0.1, 0.15) is 0 Å². The number of aliphatic hydroxyl groups excluding tert-OH is 2. The van der Waals surface area contributed by atoms with Gasteiger partial charge in [0.15, 0.2) is 0 Å². The summed E-state index contributed by atoms with van der Waals surface area (Å²) in [6, 6.07) is -0.248. The van der Waals surface area contributed by atoms with Gasteiger partial charge in [0, 0.05) is 31.1 Å². The molecule has 0 aliphatic carbocycles. The van der Waals surface area contributed by atoms with Crippen LogP contribution in [0.5, 0.6) is 0 Å². The van der Waals surface area contributed by atoms with Gasteiger partial charge < -0.3 is 19.8 Å². The van der Waals surface area contributed by atoms with E-state index in [1.807, 2.05) is 0 Å². The number of aliphatic hydroxyl groups is 2. The van der Waals surface area contributed by atoms with Crippen molar-refractivity contribution in [3.63, 3.8) is 0 Å². The summed E-state index contributed by atoms with van der Waals surface area (Å²) in [6.07, 6.45) is -0.692. The summed E-state index contributed by atoms with van der Waals surface area (Å²) in [5, 5.41) is 20.3. The second-order valence-electron chi connectivity index (χ2n) is 3.17. The molecule has 0 aromatic rings. The maximum absolute atomic E-state index is 9.64. The predicted octanol–water partition coefficient (Wildman–Crippen LogP) is -1.48.